The zero-order valence-corrected chi connectivity index (χ0v) is 14.1. The van der Waals surface area contributed by atoms with Crippen molar-refractivity contribution in [2.75, 3.05) is 30.5 Å². The number of rotatable bonds is 7. The van der Waals surface area contributed by atoms with Crippen LogP contribution in [0.1, 0.15) is 19.6 Å². The highest BCUT2D eigenvalue weighted by atomic mass is 32.2. The molecule has 132 valence electrons. The molecule has 1 aliphatic heterocycles. The number of aliphatic hydroxyl groups excluding tert-OH is 2. The van der Waals surface area contributed by atoms with Crippen molar-refractivity contribution in [1.29, 1.82) is 0 Å². The van der Waals surface area contributed by atoms with E-state index in [2.05, 4.69) is 21.9 Å². The molecule has 10 heteroatoms. The zero-order chi connectivity index (χ0) is 17.1. The number of nitrogen functional groups attached to an aromatic ring is 1. The summed E-state index contributed by atoms with van der Waals surface area (Å²) in [6.45, 7) is 2.34. The highest BCUT2D eigenvalue weighted by Gasteiger charge is 2.35. The van der Waals surface area contributed by atoms with Crippen LogP contribution in [-0.2, 0) is 4.74 Å². The Hall–Kier alpha value is -1.62. The second-order valence-corrected chi connectivity index (χ2v) is 6.77. The Morgan fingerprint density at radius 1 is 1.50 bits per heavy atom. The van der Waals surface area contributed by atoms with Crippen molar-refractivity contribution < 1.29 is 19.7 Å². The fourth-order valence-corrected chi connectivity index (χ4v) is 3.10. The van der Waals surface area contributed by atoms with Crippen LogP contribution in [0.2, 0.25) is 0 Å². The molecule has 3 rings (SSSR count). The van der Waals surface area contributed by atoms with E-state index in [-0.39, 0.29) is 12.6 Å². The average Bonchev–Trinajstić information content (AvgIpc) is 3.14. The van der Waals surface area contributed by atoms with Crippen LogP contribution in [0.25, 0.3) is 11.2 Å². The van der Waals surface area contributed by atoms with Gasteiger partial charge in [0.15, 0.2) is 11.2 Å². The van der Waals surface area contributed by atoms with E-state index in [4.69, 9.17) is 15.2 Å². The molecule has 2 aromatic rings. The summed E-state index contributed by atoms with van der Waals surface area (Å²) in [5, 5.41) is 19.1. The molecule has 0 radical (unpaired) electrons. The molecule has 3 atom stereocenters. The lowest BCUT2D eigenvalue weighted by atomic mass is 10.2. The fraction of sp³-hybridized carbons (Fsp3) is 0.643. The van der Waals surface area contributed by atoms with Crippen molar-refractivity contribution in [3.8, 4) is 5.88 Å². The summed E-state index contributed by atoms with van der Waals surface area (Å²) >= 11 is 1.77. The first kappa shape index (κ1) is 17.2. The maximum Gasteiger partial charge on any atom is 0.247 e. The normalized spacial score (nSPS) is 23.9. The van der Waals surface area contributed by atoms with Gasteiger partial charge < -0.3 is 25.4 Å². The Morgan fingerprint density at radius 3 is 3.04 bits per heavy atom. The molecule has 0 saturated carbocycles. The molecule has 0 aliphatic carbocycles. The van der Waals surface area contributed by atoms with Gasteiger partial charge in [-0.25, -0.2) is 4.98 Å². The van der Waals surface area contributed by atoms with Gasteiger partial charge in [-0.2, -0.15) is 21.7 Å². The van der Waals surface area contributed by atoms with Crippen molar-refractivity contribution in [2.45, 2.75) is 31.8 Å². The monoisotopic (exact) mass is 355 g/mol. The third-order valence-corrected chi connectivity index (χ3v) is 4.64. The van der Waals surface area contributed by atoms with Crippen LogP contribution in [-0.4, -0.2) is 66.7 Å². The quantitative estimate of drug-likeness (QED) is 0.596. The van der Waals surface area contributed by atoms with E-state index in [0.717, 1.165) is 11.5 Å². The van der Waals surface area contributed by atoms with Gasteiger partial charge in [0.2, 0.25) is 11.8 Å². The molecule has 0 bridgehead atoms. The Balaban J connectivity index is 1.85. The molecule has 3 heterocycles. The van der Waals surface area contributed by atoms with E-state index >= 15 is 0 Å². The topological polar surface area (TPSA) is 129 Å². The Kier molecular flexibility index (Phi) is 5.39. The average molecular weight is 355 g/mol. The molecule has 24 heavy (non-hydrogen) atoms. The summed E-state index contributed by atoms with van der Waals surface area (Å²) in [5.74, 6) is 2.29. The molecule has 1 fully saturated rings. The summed E-state index contributed by atoms with van der Waals surface area (Å²) in [4.78, 5) is 12.6. The van der Waals surface area contributed by atoms with Gasteiger partial charge in [-0.15, -0.1) is 0 Å². The summed E-state index contributed by atoms with van der Waals surface area (Å²) < 4.78 is 13.0. The number of imidazole rings is 1. The van der Waals surface area contributed by atoms with E-state index in [1.54, 1.807) is 22.7 Å². The van der Waals surface area contributed by atoms with Gasteiger partial charge in [-0.3, -0.25) is 4.57 Å². The summed E-state index contributed by atoms with van der Waals surface area (Å²) in [6.07, 6.45) is 0.0693. The Bertz CT molecular complexity index is 697. The number of hydrogen-bond donors (Lipinski definition) is 3. The standard InChI is InChI=1S/C14H21N5O4S/c1-2-24-4-3-22-13-11-12(17-14(15)18-13)19(7-16-11)10-5-8(21)9(6-20)23-10/h7-10,20-21H,2-6H2,1H3,(H2,15,17,18)/t8-,9+,10+/m0/s1. The molecular formula is C14H21N5O4S. The second kappa shape index (κ2) is 7.51. The van der Waals surface area contributed by atoms with Gasteiger partial charge in [0.05, 0.1) is 25.6 Å². The van der Waals surface area contributed by atoms with Crippen LogP contribution >= 0.6 is 11.8 Å². The van der Waals surface area contributed by atoms with E-state index < -0.39 is 18.4 Å². The number of ether oxygens (including phenoxy) is 2. The first-order chi connectivity index (χ1) is 11.6. The molecule has 9 nitrogen and oxygen atoms in total. The van der Waals surface area contributed by atoms with Crippen molar-refractivity contribution in [3.63, 3.8) is 0 Å². The van der Waals surface area contributed by atoms with Crippen LogP contribution in [0.5, 0.6) is 5.88 Å². The summed E-state index contributed by atoms with van der Waals surface area (Å²) in [5.41, 5.74) is 6.76. The predicted octanol–water partition coefficient (Wildman–Crippen LogP) is 0.181. The van der Waals surface area contributed by atoms with E-state index in [1.165, 1.54) is 0 Å². The van der Waals surface area contributed by atoms with Crippen LogP contribution in [0.15, 0.2) is 6.33 Å². The number of hydrogen-bond acceptors (Lipinski definition) is 9. The van der Waals surface area contributed by atoms with Gasteiger partial charge in [-0.1, -0.05) is 6.92 Å². The SMILES string of the molecule is CCSCCOc1nc(N)nc2c1ncn2[C@H]1C[C@H](O)[C@@H](CO)O1. The molecule has 0 unspecified atom stereocenters. The number of aliphatic hydroxyl groups is 2. The van der Waals surface area contributed by atoms with Crippen molar-refractivity contribution in [3.05, 3.63) is 6.33 Å². The lowest BCUT2D eigenvalue weighted by Gasteiger charge is -2.14. The van der Waals surface area contributed by atoms with E-state index in [1.807, 2.05) is 0 Å². The molecule has 1 aliphatic rings. The zero-order valence-electron chi connectivity index (χ0n) is 13.3. The van der Waals surface area contributed by atoms with Gasteiger partial charge in [-0.05, 0) is 5.75 Å². The highest BCUT2D eigenvalue weighted by Crippen LogP contribution is 2.32. The number of nitrogens with two attached hydrogens (primary N) is 1. The molecule has 0 spiro atoms. The lowest BCUT2D eigenvalue weighted by Crippen LogP contribution is -2.24. The number of fused-ring (bicyclic) bond motifs is 1. The minimum Gasteiger partial charge on any atom is -0.475 e. The third kappa shape index (κ3) is 3.41. The predicted molar refractivity (Wildman–Crippen MR) is 89.8 cm³/mol. The largest absolute Gasteiger partial charge is 0.475 e. The van der Waals surface area contributed by atoms with Gasteiger partial charge in [0, 0.05) is 12.2 Å². The minimum absolute atomic E-state index is 0.0830. The van der Waals surface area contributed by atoms with Crippen LogP contribution in [0, 0.1) is 0 Å². The van der Waals surface area contributed by atoms with Crippen molar-refractivity contribution in [1.82, 2.24) is 19.5 Å². The highest BCUT2D eigenvalue weighted by molar-refractivity contribution is 7.99. The molecular weight excluding hydrogens is 334 g/mol. The molecule has 0 amide bonds. The van der Waals surface area contributed by atoms with Crippen LogP contribution in [0.3, 0.4) is 0 Å². The fourth-order valence-electron chi connectivity index (χ4n) is 2.61. The van der Waals surface area contributed by atoms with Gasteiger partial charge >= 0.3 is 0 Å². The maximum absolute atomic E-state index is 9.90. The number of anilines is 1. The lowest BCUT2D eigenvalue weighted by molar-refractivity contribution is -0.0432. The third-order valence-electron chi connectivity index (χ3n) is 3.77. The van der Waals surface area contributed by atoms with E-state index in [9.17, 15) is 10.2 Å². The molecule has 4 N–H and O–H groups in total. The number of aromatic nitrogens is 4. The summed E-state index contributed by atoms with van der Waals surface area (Å²) in [6, 6.07) is 0. The smallest absolute Gasteiger partial charge is 0.247 e. The minimum atomic E-state index is -0.738. The second-order valence-electron chi connectivity index (χ2n) is 5.37. The van der Waals surface area contributed by atoms with Crippen LogP contribution < -0.4 is 10.5 Å². The van der Waals surface area contributed by atoms with Crippen LogP contribution in [0.4, 0.5) is 5.95 Å². The summed E-state index contributed by atoms with van der Waals surface area (Å²) in [7, 11) is 0. The van der Waals surface area contributed by atoms with E-state index in [0.29, 0.717) is 30.1 Å². The van der Waals surface area contributed by atoms with Gasteiger partial charge in [0.25, 0.3) is 0 Å². The van der Waals surface area contributed by atoms with Gasteiger partial charge in [0.1, 0.15) is 12.3 Å². The Morgan fingerprint density at radius 2 is 2.33 bits per heavy atom. The number of thioether (sulfide) groups is 1. The molecule has 1 saturated heterocycles. The number of nitrogens with zero attached hydrogens (tertiary/aromatic N) is 4. The first-order valence-electron chi connectivity index (χ1n) is 7.79. The maximum atomic E-state index is 9.90. The van der Waals surface area contributed by atoms with Crippen molar-refractivity contribution >= 4 is 28.9 Å². The first-order valence-corrected chi connectivity index (χ1v) is 8.94. The molecule has 2 aromatic heterocycles. The molecule has 0 aromatic carbocycles. The van der Waals surface area contributed by atoms with Crippen molar-refractivity contribution in [2.24, 2.45) is 0 Å². The Labute approximate surface area is 143 Å².